The molecule has 0 aliphatic rings. The first-order valence-corrected chi connectivity index (χ1v) is 10.0. The second kappa shape index (κ2) is 8.57. The average Bonchev–Trinajstić information content (AvgIpc) is 2.65. The van der Waals surface area contributed by atoms with E-state index in [1.165, 1.54) is 33.4 Å². The Balaban J connectivity index is 1.63. The minimum atomic E-state index is 1.00. The summed E-state index contributed by atoms with van der Waals surface area (Å²) in [5, 5.41) is 0. The largest absolute Gasteiger partial charge is 0.133 e. The Morgan fingerprint density at radius 1 is 0.375 bits per heavy atom. The Kier molecular flexibility index (Phi) is 6.19. The van der Waals surface area contributed by atoms with Crippen molar-refractivity contribution in [3.05, 3.63) is 106 Å². The lowest BCUT2D eigenvalue weighted by molar-refractivity contribution is 1.15. The molecule has 2 atom stereocenters. The molecule has 3 rings (SSSR count). The SMILES string of the molecule is PCc1ccc(Cc2ccc(Cc3ccc(CP)cc3)cc2)cc1. The van der Waals surface area contributed by atoms with Crippen LogP contribution in [0.15, 0.2) is 72.8 Å². The minimum Gasteiger partial charge on any atom is -0.133 e. The van der Waals surface area contributed by atoms with Crippen molar-refractivity contribution in [2.45, 2.75) is 25.2 Å². The monoisotopic (exact) mass is 350 g/mol. The number of benzene rings is 3. The first kappa shape index (κ1) is 17.3. The van der Waals surface area contributed by atoms with Gasteiger partial charge in [-0.1, -0.05) is 72.8 Å². The molecule has 0 nitrogen and oxygen atoms in total. The first-order chi connectivity index (χ1) is 11.8. The maximum Gasteiger partial charge on any atom is -0.00258 e. The van der Waals surface area contributed by atoms with Crippen molar-refractivity contribution in [2.24, 2.45) is 0 Å². The van der Waals surface area contributed by atoms with Gasteiger partial charge in [-0.05, 0) is 58.5 Å². The fraction of sp³-hybridized carbons (Fsp3) is 0.182. The summed E-state index contributed by atoms with van der Waals surface area (Å²) in [6.45, 7) is 0. The Hall–Kier alpha value is -1.48. The molecular weight excluding hydrogens is 326 g/mol. The van der Waals surface area contributed by atoms with Crippen LogP contribution in [0.3, 0.4) is 0 Å². The summed E-state index contributed by atoms with van der Waals surface area (Å²) >= 11 is 0. The molecule has 0 radical (unpaired) electrons. The molecule has 0 aromatic heterocycles. The maximum atomic E-state index is 2.77. The van der Waals surface area contributed by atoms with E-state index < -0.39 is 0 Å². The first-order valence-electron chi connectivity index (χ1n) is 8.40. The third-order valence-corrected chi connectivity index (χ3v) is 5.30. The lowest BCUT2D eigenvalue weighted by atomic mass is 9.99. The summed E-state index contributed by atoms with van der Waals surface area (Å²) in [5.41, 5.74) is 8.22. The predicted molar refractivity (Wildman–Crippen MR) is 112 cm³/mol. The van der Waals surface area contributed by atoms with Crippen LogP contribution >= 0.6 is 18.5 Å². The highest BCUT2D eigenvalue weighted by Crippen LogP contribution is 2.16. The summed E-state index contributed by atoms with van der Waals surface area (Å²) in [4.78, 5) is 0. The van der Waals surface area contributed by atoms with Crippen molar-refractivity contribution >= 4 is 18.5 Å². The van der Waals surface area contributed by atoms with Crippen molar-refractivity contribution in [3.8, 4) is 0 Å². The maximum absolute atomic E-state index is 2.77. The molecule has 122 valence electrons. The fourth-order valence-corrected chi connectivity index (χ4v) is 3.38. The van der Waals surface area contributed by atoms with E-state index in [9.17, 15) is 0 Å². The van der Waals surface area contributed by atoms with Crippen LogP contribution in [0.25, 0.3) is 0 Å². The Morgan fingerprint density at radius 2 is 0.583 bits per heavy atom. The van der Waals surface area contributed by atoms with Crippen molar-refractivity contribution < 1.29 is 0 Å². The molecule has 0 saturated carbocycles. The van der Waals surface area contributed by atoms with E-state index >= 15 is 0 Å². The van der Waals surface area contributed by atoms with Crippen LogP contribution in [0.4, 0.5) is 0 Å². The van der Waals surface area contributed by atoms with Gasteiger partial charge in [-0.15, -0.1) is 18.5 Å². The number of hydrogen-bond donors (Lipinski definition) is 0. The molecule has 0 saturated heterocycles. The molecule has 24 heavy (non-hydrogen) atoms. The molecule has 0 aliphatic heterocycles. The van der Waals surface area contributed by atoms with E-state index in [0.717, 1.165) is 25.2 Å². The molecule has 0 N–H and O–H groups in total. The van der Waals surface area contributed by atoms with E-state index in [-0.39, 0.29) is 0 Å². The number of hydrogen-bond acceptors (Lipinski definition) is 0. The van der Waals surface area contributed by atoms with E-state index in [0.29, 0.717) is 0 Å². The molecule has 0 bridgehead atoms. The van der Waals surface area contributed by atoms with E-state index in [1.807, 2.05) is 0 Å². The molecule has 3 aromatic carbocycles. The van der Waals surface area contributed by atoms with Crippen LogP contribution in [0.5, 0.6) is 0 Å². The fourth-order valence-electron chi connectivity index (χ4n) is 2.83. The van der Waals surface area contributed by atoms with Gasteiger partial charge in [0, 0.05) is 0 Å². The van der Waals surface area contributed by atoms with Gasteiger partial charge >= 0.3 is 0 Å². The third-order valence-electron chi connectivity index (χ3n) is 4.36. The van der Waals surface area contributed by atoms with Crippen LogP contribution in [0.2, 0.25) is 0 Å². The van der Waals surface area contributed by atoms with Crippen LogP contribution in [0, 0.1) is 0 Å². The number of rotatable bonds is 6. The summed E-state index contributed by atoms with van der Waals surface area (Å²) in [5.74, 6) is 0. The van der Waals surface area contributed by atoms with Gasteiger partial charge in [-0.25, -0.2) is 0 Å². The molecule has 0 fully saturated rings. The zero-order chi connectivity index (χ0) is 16.8. The smallest absolute Gasteiger partial charge is 0.00258 e. The van der Waals surface area contributed by atoms with Crippen molar-refractivity contribution in [1.82, 2.24) is 0 Å². The highest BCUT2D eigenvalue weighted by Gasteiger charge is 2.00. The molecule has 3 aromatic rings. The molecule has 2 heteroatoms. The Bertz CT molecular complexity index is 688. The van der Waals surface area contributed by atoms with Crippen LogP contribution in [-0.2, 0) is 25.2 Å². The van der Waals surface area contributed by atoms with Gasteiger partial charge in [0.1, 0.15) is 0 Å². The highest BCUT2D eigenvalue weighted by atomic mass is 31.0. The van der Waals surface area contributed by atoms with Crippen LogP contribution in [-0.4, -0.2) is 0 Å². The third kappa shape index (κ3) is 4.76. The van der Waals surface area contributed by atoms with Gasteiger partial charge in [-0.3, -0.25) is 0 Å². The quantitative estimate of drug-likeness (QED) is 0.506. The topological polar surface area (TPSA) is 0 Å². The highest BCUT2D eigenvalue weighted by molar-refractivity contribution is 7.15. The average molecular weight is 350 g/mol. The van der Waals surface area contributed by atoms with Crippen molar-refractivity contribution in [3.63, 3.8) is 0 Å². The van der Waals surface area contributed by atoms with Crippen LogP contribution in [0.1, 0.15) is 33.4 Å². The normalized spacial score (nSPS) is 10.8. The Morgan fingerprint density at radius 3 is 0.792 bits per heavy atom. The molecule has 2 unspecified atom stereocenters. The van der Waals surface area contributed by atoms with Gasteiger partial charge in [0.05, 0.1) is 0 Å². The van der Waals surface area contributed by atoms with Gasteiger partial charge in [0.2, 0.25) is 0 Å². The van der Waals surface area contributed by atoms with Gasteiger partial charge in [-0.2, -0.15) is 0 Å². The second-order valence-corrected chi connectivity index (χ2v) is 7.03. The molecule has 0 amide bonds. The van der Waals surface area contributed by atoms with Crippen LogP contribution < -0.4 is 0 Å². The standard InChI is InChI=1S/C22H24P2/c23-15-21-9-5-19(6-10-21)13-17-1-2-18(4-3-17)14-20-7-11-22(16-24)12-8-20/h1-12H,13-16,23-24H2. The van der Waals surface area contributed by atoms with Crippen molar-refractivity contribution in [1.29, 1.82) is 0 Å². The summed E-state index contributed by atoms with van der Waals surface area (Å²) in [7, 11) is 5.54. The van der Waals surface area contributed by atoms with E-state index in [4.69, 9.17) is 0 Å². The summed E-state index contributed by atoms with van der Waals surface area (Å²) in [6.07, 6.45) is 4.04. The lowest BCUT2D eigenvalue weighted by Gasteiger charge is -2.06. The summed E-state index contributed by atoms with van der Waals surface area (Å²) < 4.78 is 0. The zero-order valence-corrected chi connectivity index (χ0v) is 16.2. The molecule has 0 heterocycles. The van der Waals surface area contributed by atoms with Gasteiger partial charge < -0.3 is 0 Å². The summed E-state index contributed by atoms with van der Waals surface area (Å²) in [6, 6.07) is 26.9. The van der Waals surface area contributed by atoms with Gasteiger partial charge in [0.25, 0.3) is 0 Å². The molecule has 0 aliphatic carbocycles. The van der Waals surface area contributed by atoms with Crippen molar-refractivity contribution in [2.75, 3.05) is 0 Å². The predicted octanol–water partition coefficient (Wildman–Crippen LogP) is 5.62. The molecular formula is C22H24P2. The zero-order valence-electron chi connectivity index (χ0n) is 13.9. The molecule has 0 spiro atoms. The Labute approximate surface area is 150 Å². The second-order valence-electron chi connectivity index (χ2n) is 6.21. The van der Waals surface area contributed by atoms with E-state index in [2.05, 4.69) is 91.3 Å². The van der Waals surface area contributed by atoms with Gasteiger partial charge in [0.15, 0.2) is 0 Å². The van der Waals surface area contributed by atoms with E-state index in [1.54, 1.807) is 0 Å². The minimum absolute atomic E-state index is 1.00. The lowest BCUT2D eigenvalue weighted by Crippen LogP contribution is -1.92.